The standard InChI is InChI=1S/C18H22FN5OS/c1-22-8-10-23(11-9-22)16(25)12-26-18-21-20-17(24(18)13-6-7-13)14-4-2-3-5-15(14)19/h2-5,13H,6-12H2,1H3. The van der Waals surface area contributed by atoms with Crippen LogP contribution in [0.15, 0.2) is 29.4 Å². The summed E-state index contributed by atoms with van der Waals surface area (Å²) in [4.78, 5) is 16.6. The molecule has 2 aromatic rings. The van der Waals surface area contributed by atoms with Gasteiger partial charge in [-0.3, -0.25) is 9.36 Å². The van der Waals surface area contributed by atoms with Gasteiger partial charge in [-0.15, -0.1) is 10.2 Å². The maximum Gasteiger partial charge on any atom is 0.233 e. The van der Waals surface area contributed by atoms with E-state index < -0.39 is 0 Å². The van der Waals surface area contributed by atoms with E-state index in [0.29, 0.717) is 28.3 Å². The normalized spacial score (nSPS) is 18.3. The fraction of sp³-hybridized carbons (Fsp3) is 0.500. The molecule has 2 aliphatic rings. The van der Waals surface area contributed by atoms with Gasteiger partial charge in [0, 0.05) is 32.2 Å². The number of aromatic nitrogens is 3. The molecule has 1 aliphatic carbocycles. The Balaban J connectivity index is 1.49. The summed E-state index contributed by atoms with van der Waals surface area (Å²) in [5.74, 6) is 0.721. The number of amides is 1. The zero-order valence-electron chi connectivity index (χ0n) is 14.8. The molecule has 6 nitrogen and oxygen atoms in total. The lowest BCUT2D eigenvalue weighted by Gasteiger charge is -2.32. The highest BCUT2D eigenvalue weighted by Gasteiger charge is 2.31. The average Bonchev–Trinajstić information content (AvgIpc) is 3.40. The lowest BCUT2D eigenvalue weighted by atomic mass is 10.2. The molecule has 2 fully saturated rings. The van der Waals surface area contributed by atoms with E-state index in [1.165, 1.54) is 17.8 Å². The number of carbonyl (C=O) groups is 1. The fourth-order valence-electron chi connectivity index (χ4n) is 3.14. The van der Waals surface area contributed by atoms with Gasteiger partial charge in [0.25, 0.3) is 0 Å². The Morgan fingerprint density at radius 3 is 2.62 bits per heavy atom. The average molecular weight is 375 g/mol. The van der Waals surface area contributed by atoms with Gasteiger partial charge in [-0.05, 0) is 32.0 Å². The quantitative estimate of drug-likeness (QED) is 0.751. The number of rotatable bonds is 5. The number of hydrogen-bond donors (Lipinski definition) is 0. The fourth-order valence-corrected chi connectivity index (χ4v) is 4.05. The monoisotopic (exact) mass is 375 g/mol. The Hall–Kier alpha value is -1.93. The van der Waals surface area contributed by atoms with Crippen LogP contribution in [0.3, 0.4) is 0 Å². The summed E-state index contributed by atoms with van der Waals surface area (Å²) in [6.07, 6.45) is 2.08. The van der Waals surface area contributed by atoms with Gasteiger partial charge in [0.15, 0.2) is 11.0 Å². The summed E-state index contributed by atoms with van der Waals surface area (Å²) >= 11 is 1.40. The van der Waals surface area contributed by atoms with Crippen LogP contribution >= 0.6 is 11.8 Å². The minimum Gasteiger partial charge on any atom is -0.339 e. The SMILES string of the molecule is CN1CCN(C(=O)CSc2nnc(-c3ccccc3F)n2C2CC2)CC1. The van der Waals surface area contributed by atoms with Gasteiger partial charge in [-0.1, -0.05) is 23.9 Å². The topological polar surface area (TPSA) is 54.3 Å². The van der Waals surface area contributed by atoms with E-state index in [1.54, 1.807) is 18.2 Å². The molecule has 0 bridgehead atoms. The molecule has 0 radical (unpaired) electrons. The number of carbonyl (C=O) groups excluding carboxylic acids is 1. The first kappa shape index (κ1) is 17.5. The van der Waals surface area contributed by atoms with Crippen molar-refractivity contribution >= 4 is 17.7 Å². The van der Waals surface area contributed by atoms with Gasteiger partial charge in [-0.25, -0.2) is 4.39 Å². The van der Waals surface area contributed by atoms with Crippen molar-refractivity contribution in [3.8, 4) is 11.4 Å². The Labute approximate surface area is 156 Å². The van der Waals surface area contributed by atoms with Crippen LogP contribution in [0, 0.1) is 5.82 Å². The number of hydrogen-bond acceptors (Lipinski definition) is 5. The molecule has 1 amide bonds. The molecule has 1 aromatic heterocycles. The summed E-state index contributed by atoms with van der Waals surface area (Å²) in [5.41, 5.74) is 0.462. The highest BCUT2D eigenvalue weighted by atomic mass is 32.2. The second-order valence-electron chi connectivity index (χ2n) is 6.86. The predicted octanol–water partition coefficient (Wildman–Crippen LogP) is 2.29. The minimum absolute atomic E-state index is 0.126. The number of piperazine rings is 1. The lowest BCUT2D eigenvalue weighted by Crippen LogP contribution is -2.47. The molecule has 0 N–H and O–H groups in total. The summed E-state index contributed by atoms with van der Waals surface area (Å²) in [6, 6.07) is 6.93. The first-order valence-electron chi connectivity index (χ1n) is 8.92. The van der Waals surface area contributed by atoms with E-state index in [9.17, 15) is 9.18 Å². The van der Waals surface area contributed by atoms with Crippen LogP contribution in [0.2, 0.25) is 0 Å². The molecule has 26 heavy (non-hydrogen) atoms. The second-order valence-corrected chi connectivity index (χ2v) is 7.80. The van der Waals surface area contributed by atoms with Gasteiger partial charge >= 0.3 is 0 Å². The van der Waals surface area contributed by atoms with E-state index in [-0.39, 0.29) is 11.7 Å². The molecular weight excluding hydrogens is 353 g/mol. The molecule has 1 aromatic carbocycles. The van der Waals surface area contributed by atoms with Crippen molar-refractivity contribution in [1.82, 2.24) is 24.6 Å². The highest BCUT2D eigenvalue weighted by Crippen LogP contribution is 2.41. The first-order valence-corrected chi connectivity index (χ1v) is 9.91. The van der Waals surface area contributed by atoms with Gasteiger partial charge in [0.2, 0.25) is 5.91 Å². The van der Waals surface area contributed by atoms with E-state index >= 15 is 0 Å². The second kappa shape index (κ2) is 7.36. The van der Waals surface area contributed by atoms with Crippen LogP contribution in [0.25, 0.3) is 11.4 Å². The van der Waals surface area contributed by atoms with Crippen molar-refractivity contribution < 1.29 is 9.18 Å². The molecule has 4 rings (SSSR count). The first-order chi connectivity index (χ1) is 12.6. The van der Waals surface area contributed by atoms with Crippen LogP contribution in [0.5, 0.6) is 0 Å². The van der Waals surface area contributed by atoms with Gasteiger partial charge in [-0.2, -0.15) is 0 Å². The summed E-state index contributed by atoms with van der Waals surface area (Å²) in [7, 11) is 2.07. The van der Waals surface area contributed by atoms with Crippen LogP contribution < -0.4 is 0 Å². The number of benzene rings is 1. The molecule has 2 heterocycles. The molecule has 8 heteroatoms. The highest BCUT2D eigenvalue weighted by molar-refractivity contribution is 7.99. The third-order valence-electron chi connectivity index (χ3n) is 4.87. The molecular formula is C18H22FN5OS. The van der Waals surface area contributed by atoms with Crippen molar-refractivity contribution in [2.75, 3.05) is 39.0 Å². The van der Waals surface area contributed by atoms with Crippen molar-refractivity contribution in [1.29, 1.82) is 0 Å². The lowest BCUT2D eigenvalue weighted by molar-refractivity contribution is -0.129. The summed E-state index contributed by atoms with van der Waals surface area (Å²) in [5, 5.41) is 9.19. The molecule has 0 spiro atoms. The van der Waals surface area contributed by atoms with Gasteiger partial charge in [0.05, 0.1) is 11.3 Å². The van der Waals surface area contributed by atoms with Crippen LogP contribution in [0.1, 0.15) is 18.9 Å². The summed E-state index contributed by atoms with van der Waals surface area (Å²) in [6.45, 7) is 3.36. The van der Waals surface area contributed by atoms with E-state index in [1.807, 2.05) is 9.47 Å². The van der Waals surface area contributed by atoms with Crippen molar-refractivity contribution in [3.05, 3.63) is 30.1 Å². The third kappa shape index (κ3) is 3.61. The molecule has 1 aliphatic heterocycles. The van der Waals surface area contributed by atoms with Gasteiger partial charge in [0.1, 0.15) is 5.82 Å². The van der Waals surface area contributed by atoms with E-state index in [4.69, 9.17) is 0 Å². The van der Waals surface area contributed by atoms with E-state index in [2.05, 4.69) is 22.1 Å². The number of likely N-dealkylation sites (N-methyl/N-ethyl adjacent to an activating group) is 1. The van der Waals surface area contributed by atoms with Crippen molar-refractivity contribution in [2.24, 2.45) is 0 Å². The smallest absolute Gasteiger partial charge is 0.233 e. The predicted molar refractivity (Wildman–Crippen MR) is 98.5 cm³/mol. The Morgan fingerprint density at radius 2 is 1.92 bits per heavy atom. The number of halogens is 1. The van der Waals surface area contributed by atoms with Gasteiger partial charge < -0.3 is 9.80 Å². The number of nitrogens with zero attached hydrogens (tertiary/aromatic N) is 5. The van der Waals surface area contributed by atoms with Crippen molar-refractivity contribution in [2.45, 2.75) is 24.0 Å². The zero-order chi connectivity index (χ0) is 18.1. The molecule has 1 saturated carbocycles. The van der Waals surface area contributed by atoms with Crippen LogP contribution in [0.4, 0.5) is 4.39 Å². The molecule has 0 unspecified atom stereocenters. The zero-order valence-corrected chi connectivity index (χ0v) is 15.6. The van der Waals surface area contributed by atoms with Crippen LogP contribution in [-0.2, 0) is 4.79 Å². The Morgan fingerprint density at radius 1 is 1.19 bits per heavy atom. The number of thioether (sulfide) groups is 1. The largest absolute Gasteiger partial charge is 0.339 e. The Kier molecular flexibility index (Phi) is 4.95. The maximum atomic E-state index is 14.2. The van der Waals surface area contributed by atoms with E-state index in [0.717, 1.165) is 39.0 Å². The molecule has 1 saturated heterocycles. The Bertz CT molecular complexity index is 799. The molecule has 0 atom stereocenters. The minimum atomic E-state index is -0.299. The third-order valence-corrected chi connectivity index (χ3v) is 5.80. The van der Waals surface area contributed by atoms with Crippen molar-refractivity contribution in [3.63, 3.8) is 0 Å². The maximum absolute atomic E-state index is 14.2. The van der Waals surface area contributed by atoms with Crippen LogP contribution in [-0.4, -0.2) is 69.5 Å². The summed E-state index contributed by atoms with van der Waals surface area (Å²) < 4.78 is 16.2. The molecule has 138 valence electrons.